The third kappa shape index (κ3) is 2.33. The molecule has 1 atom stereocenters. The molecule has 3 rings (SSSR count). The number of carbonyl (C=O) groups excluding carboxylic acids is 1. The second kappa shape index (κ2) is 4.69. The number of rotatable bonds is 2. The Kier molecular flexibility index (Phi) is 3.18. The molecule has 2 aliphatic carbocycles. The second-order valence-electron chi connectivity index (χ2n) is 5.68. The van der Waals surface area contributed by atoms with Crippen LogP contribution in [0.3, 0.4) is 0 Å². The summed E-state index contributed by atoms with van der Waals surface area (Å²) in [6.07, 6.45) is 7.58. The van der Waals surface area contributed by atoms with Crippen LogP contribution in [0, 0.1) is 11.3 Å². The monoisotopic (exact) mass is 307 g/mol. The molecule has 0 bridgehead atoms. The Morgan fingerprint density at radius 3 is 2.50 bits per heavy atom. The molecule has 96 valence electrons. The molecule has 0 saturated heterocycles. The van der Waals surface area contributed by atoms with Crippen molar-refractivity contribution in [3.8, 4) is 0 Å². The number of nitrogens with one attached hydrogen (secondary N) is 1. The van der Waals surface area contributed by atoms with Gasteiger partial charge in [-0.05, 0) is 48.9 Å². The topological polar surface area (TPSA) is 29.1 Å². The van der Waals surface area contributed by atoms with Crippen LogP contribution in [0.4, 0.5) is 5.69 Å². The van der Waals surface area contributed by atoms with E-state index in [0.717, 1.165) is 16.6 Å². The van der Waals surface area contributed by atoms with Gasteiger partial charge in [0.05, 0.1) is 0 Å². The van der Waals surface area contributed by atoms with Crippen LogP contribution in [0.25, 0.3) is 0 Å². The van der Waals surface area contributed by atoms with Crippen molar-refractivity contribution in [2.75, 3.05) is 5.32 Å². The lowest BCUT2D eigenvalue weighted by Crippen LogP contribution is -2.20. The lowest BCUT2D eigenvalue weighted by atomic mass is 9.84. The van der Waals surface area contributed by atoms with Crippen molar-refractivity contribution >= 4 is 27.5 Å². The zero-order valence-corrected chi connectivity index (χ0v) is 12.0. The molecule has 18 heavy (non-hydrogen) atoms. The first-order chi connectivity index (χ1) is 8.70. The summed E-state index contributed by atoms with van der Waals surface area (Å²) in [6.45, 7) is 0. The first-order valence-corrected chi connectivity index (χ1v) is 7.55. The van der Waals surface area contributed by atoms with Gasteiger partial charge in [0.2, 0.25) is 5.91 Å². The van der Waals surface area contributed by atoms with Crippen molar-refractivity contribution < 1.29 is 4.79 Å². The summed E-state index contributed by atoms with van der Waals surface area (Å²) in [7, 11) is 0. The summed E-state index contributed by atoms with van der Waals surface area (Å²) in [5, 5.41) is 3.04. The molecule has 1 N–H and O–H groups in total. The van der Waals surface area contributed by atoms with Gasteiger partial charge in [-0.15, -0.1) is 0 Å². The number of hydrogen-bond donors (Lipinski definition) is 1. The van der Waals surface area contributed by atoms with Crippen LogP contribution in [-0.4, -0.2) is 5.91 Å². The maximum absolute atomic E-state index is 12.2. The number of benzene rings is 1. The molecule has 1 spiro atoms. The standard InChI is InChI=1S/C15H18BrNO/c16-11-4-6-12(7-5-11)17-14(18)13-10-15(13)8-2-1-3-9-15/h4-7,13H,1-3,8-10H2,(H,17,18). The zero-order chi connectivity index (χ0) is 12.6. The predicted octanol–water partition coefficient (Wildman–Crippen LogP) is 4.36. The van der Waals surface area contributed by atoms with Gasteiger partial charge in [-0.1, -0.05) is 35.2 Å². The molecule has 0 heterocycles. The van der Waals surface area contributed by atoms with Gasteiger partial charge in [-0.25, -0.2) is 0 Å². The number of carbonyl (C=O) groups is 1. The Morgan fingerprint density at radius 2 is 1.83 bits per heavy atom. The number of amides is 1. The van der Waals surface area contributed by atoms with E-state index >= 15 is 0 Å². The number of anilines is 1. The van der Waals surface area contributed by atoms with Crippen LogP contribution in [0.5, 0.6) is 0 Å². The van der Waals surface area contributed by atoms with Gasteiger partial charge in [-0.3, -0.25) is 4.79 Å². The molecule has 1 amide bonds. The fraction of sp³-hybridized carbons (Fsp3) is 0.533. The Hall–Kier alpha value is -0.830. The summed E-state index contributed by atoms with van der Waals surface area (Å²) < 4.78 is 1.04. The van der Waals surface area contributed by atoms with Gasteiger partial charge in [0.1, 0.15) is 0 Å². The maximum atomic E-state index is 12.2. The molecule has 2 aliphatic rings. The molecular formula is C15H18BrNO. The average Bonchev–Trinajstić information content (AvgIpc) is 3.07. The summed E-state index contributed by atoms with van der Waals surface area (Å²) in [5.74, 6) is 0.487. The molecule has 1 aromatic rings. The van der Waals surface area contributed by atoms with Gasteiger partial charge in [0, 0.05) is 16.1 Å². The fourth-order valence-corrected chi connectivity index (χ4v) is 3.55. The number of halogens is 1. The molecule has 0 radical (unpaired) electrons. The Bertz CT molecular complexity index is 448. The summed E-state index contributed by atoms with van der Waals surface area (Å²) in [5.41, 5.74) is 1.28. The van der Waals surface area contributed by atoms with Crippen molar-refractivity contribution in [3.05, 3.63) is 28.7 Å². The number of hydrogen-bond acceptors (Lipinski definition) is 1. The molecule has 0 aliphatic heterocycles. The first-order valence-electron chi connectivity index (χ1n) is 6.76. The highest BCUT2D eigenvalue weighted by Crippen LogP contribution is 2.61. The van der Waals surface area contributed by atoms with E-state index in [9.17, 15) is 4.79 Å². The molecule has 2 nitrogen and oxygen atoms in total. The minimum atomic E-state index is 0.222. The van der Waals surface area contributed by atoms with Gasteiger partial charge < -0.3 is 5.32 Å². The van der Waals surface area contributed by atoms with Gasteiger partial charge in [-0.2, -0.15) is 0 Å². The minimum absolute atomic E-state index is 0.222. The molecule has 1 aromatic carbocycles. The molecule has 1 unspecified atom stereocenters. The lowest BCUT2D eigenvalue weighted by Gasteiger charge is -2.22. The highest BCUT2D eigenvalue weighted by molar-refractivity contribution is 9.10. The smallest absolute Gasteiger partial charge is 0.228 e. The van der Waals surface area contributed by atoms with Crippen molar-refractivity contribution in [1.82, 2.24) is 0 Å². The van der Waals surface area contributed by atoms with E-state index in [0.29, 0.717) is 5.41 Å². The Balaban J connectivity index is 1.61. The van der Waals surface area contributed by atoms with E-state index in [1.54, 1.807) is 0 Å². The fourth-order valence-electron chi connectivity index (χ4n) is 3.29. The van der Waals surface area contributed by atoms with E-state index in [-0.39, 0.29) is 11.8 Å². The van der Waals surface area contributed by atoms with Crippen molar-refractivity contribution in [2.24, 2.45) is 11.3 Å². The Labute approximate surface area is 116 Å². The third-order valence-electron chi connectivity index (χ3n) is 4.47. The zero-order valence-electron chi connectivity index (χ0n) is 10.4. The van der Waals surface area contributed by atoms with E-state index in [1.165, 1.54) is 32.1 Å². The molecule has 2 saturated carbocycles. The van der Waals surface area contributed by atoms with Gasteiger partial charge in [0.15, 0.2) is 0 Å². The van der Waals surface area contributed by atoms with E-state index in [4.69, 9.17) is 0 Å². The van der Waals surface area contributed by atoms with Crippen molar-refractivity contribution in [2.45, 2.75) is 38.5 Å². The van der Waals surface area contributed by atoms with Crippen LogP contribution in [0.1, 0.15) is 38.5 Å². The van der Waals surface area contributed by atoms with E-state index < -0.39 is 0 Å². The summed E-state index contributed by atoms with van der Waals surface area (Å²) in [6, 6.07) is 7.80. The molecule has 3 heteroatoms. The third-order valence-corrected chi connectivity index (χ3v) is 5.00. The largest absolute Gasteiger partial charge is 0.326 e. The van der Waals surface area contributed by atoms with Gasteiger partial charge >= 0.3 is 0 Å². The van der Waals surface area contributed by atoms with Crippen LogP contribution < -0.4 is 5.32 Å². The molecule has 2 fully saturated rings. The van der Waals surface area contributed by atoms with Crippen LogP contribution in [0.15, 0.2) is 28.7 Å². The molecular weight excluding hydrogens is 290 g/mol. The highest BCUT2D eigenvalue weighted by Gasteiger charge is 2.57. The van der Waals surface area contributed by atoms with Crippen LogP contribution >= 0.6 is 15.9 Å². The predicted molar refractivity (Wildman–Crippen MR) is 76.4 cm³/mol. The SMILES string of the molecule is O=C(Nc1ccc(Br)cc1)C1CC12CCCCC2. The Morgan fingerprint density at radius 1 is 1.17 bits per heavy atom. The first kappa shape index (κ1) is 12.2. The maximum Gasteiger partial charge on any atom is 0.228 e. The minimum Gasteiger partial charge on any atom is -0.326 e. The second-order valence-corrected chi connectivity index (χ2v) is 6.59. The lowest BCUT2D eigenvalue weighted by molar-refractivity contribution is -0.118. The van der Waals surface area contributed by atoms with Crippen LogP contribution in [-0.2, 0) is 4.79 Å². The normalized spacial score (nSPS) is 24.8. The van der Waals surface area contributed by atoms with Gasteiger partial charge in [0.25, 0.3) is 0 Å². The molecule has 0 aromatic heterocycles. The van der Waals surface area contributed by atoms with Crippen molar-refractivity contribution in [3.63, 3.8) is 0 Å². The van der Waals surface area contributed by atoms with E-state index in [1.807, 2.05) is 24.3 Å². The van der Waals surface area contributed by atoms with E-state index in [2.05, 4.69) is 21.2 Å². The average molecular weight is 308 g/mol. The quantitative estimate of drug-likeness (QED) is 0.864. The summed E-state index contributed by atoms with van der Waals surface area (Å²) >= 11 is 3.40. The van der Waals surface area contributed by atoms with Crippen molar-refractivity contribution in [1.29, 1.82) is 0 Å². The summed E-state index contributed by atoms with van der Waals surface area (Å²) in [4.78, 5) is 12.2. The highest BCUT2D eigenvalue weighted by atomic mass is 79.9. The van der Waals surface area contributed by atoms with Crippen LogP contribution in [0.2, 0.25) is 0 Å².